The van der Waals surface area contributed by atoms with E-state index in [1.54, 1.807) is 6.20 Å². The predicted octanol–water partition coefficient (Wildman–Crippen LogP) is 1.63. The molecule has 5 heteroatoms. The molecule has 100 valence electrons. The van der Waals surface area contributed by atoms with Crippen molar-refractivity contribution >= 4 is 17.4 Å². The number of rotatable bonds is 7. The minimum atomic E-state index is 0.0523. The fourth-order valence-corrected chi connectivity index (χ4v) is 1.44. The average Bonchev–Trinajstić information content (AvgIpc) is 2.35. The molecule has 1 rings (SSSR count). The Balaban J connectivity index is 2.09. The van der Waals surface area contributed by atoms with Crippen LogP contribution in [0.3, 0.4) is 0 Å². The smallest absolute Gasteiger partial charge is 0.222 e. The number of unbranched alkanes of at least 4 members (excludes halogenated alkanes) is 1. The minimum absolute atomic E-state index is 0.0523. The van der Waals surface area contributed by atoms with E-state index < -0.39 is 0 Å². The monoisotopic (exact) mass is 250 g/mol. The Morgan fingerprint density at radius 3 is 2.78 bits per heavy atom. The number of nitrogens with two attached hydrogens (primary N) is 1. The van der Waals surface area contributed by atoms with Gasteiger partial charge >= 0.3 is 0 Å². The van der Waals surface area contributed by atoms with Crippen molar-refractivity contribution in [3.05, 3.63) is 18.3 Å². The van der Waals surface area contributed by atoms with Gasteiger partial charge in [-0.05, 0) is 25.0 Å². The molecular weight excluding hydrogens is 228 g/mol. The fourth-order valence-electron chi connectivity index (χ4n) is 1.44. The fraction of sp³-hybridized carbons (Fsp3) is 0.538. The molecule has 18 heavy (non-hydrogen) atoms. The molecule has 0 saturated heterocycles. The standard InChI is InChI=1S/C13H22N4O/c1-10(2)13(18)17-8-4-3-7-15-12-11(14)6-5-9-16-12/h5-6,9-10H,3-4,7-8,14H2,1-2H3,(H,15,16)(H,17,18). The summed E-state index contributed by atoms with van der Waals surface area (Å²) in [6, 6.07) is 3.63. The van der Waals surface area contributed by atoms with Gasteiger partial charge in [0.1, 0.15) is 5.82 Å². The molecule has 0 aliphatic rings. The van der Waals surface area contributed by atoms with E-state index >= 15 is 0 Å². The second-order valence-electron chi connectivity index (χ2n) is 4.52. The summed E-state index contributed by atoms with van der Waals surface area (Å²) in [6.07, 6.45) is 3.62. The van der Waals surface area contributed by atoms with Gasteiger partial charge in [0.2, 0.25) is 5.91 Å². The molecule has 0 spiro atoms. The lowest BCUT2D eigenvalue weighted by molar-refractivity contribution is -0.123. The third kappa shape index (κ3) is 5.03. The van der Waals surface area contributed by atoms with E-state index in [-0.39, 0.29) is 11.8 Å². The zero-order valence-corrected chi connectivity index (χ0v) is 11.1. The van der Waals surface area contributed by atoms with E-state index in [1.807, 2.05) is 26.0 Å². The number of nitrogens with one attached hydrogen (secondary N) is 2. The maximum Gasteiger partial charge on any atom is 0.222 e. The van der Waals surface area contributed by atoms with Gasteiger partial charge in [-0.1, -0.05) is 13.8 Å². The zero-order chi connectivity index (χ0) is 13.4. The van der Waals surface area contributed by atoms with Gasteiger partial charge in [0, 0.05) is 25.2 Å². The van der Waals surface area contributed by atoms with Gasteiger partial charge in [-0.25, -0.2) is 4.98 Å². The van der Waals surface area contributed by atoms with Crippen molar-refractivity contribution in [1.29, 1.82) is 0 Å². The highest BCUT2D eigenvalue weighted by Crippen LogP contribution is 2.12. The van der Waals surface area contributed by atoms with E-state index in [4.69, 9.17) is 5.73 Å². The van der Waals surface area contributed by atoms with Crippen LogP contribution in [-0.2, 0) is 4.79 Å². The van der Waals surface area contributed by atoms with E-state index in [9.17, 15) is 4.79 Å². The Morgan fingerprint density at radius 1 is 1.39 bits per heavy atom. The van der Waals surface area contributed by atoms with Crippen molar-refractivity contribution in [3.63, 3.8) is 0 Å². The number of anilines is 2. The first-order valence-corrected chi connectivity index (χ1v) is 6.33. The van der Waals surface area contributed by atoms with Gasteiger partial charge in [0.25, 0.3) is 0 Å². The molecular formula is C13H22N4O. The van der Waals surface area contributed by atoms with Crippen LogP contribution >= 0.6 is 0 Å². The molecule has 1 amide bonds. The molecule has 1 aromatic rings. The summed E-state index contributed by atoms with van der Waals surface area (Å²) in [5.74, 6) is 0.886. The quantitative estimate of drug-likeness (QED) is 0.642. The third-order valence-electron chi connectivity index (χ3n) is 2.56. The average molecular weight is 250 g/mol. The summed E-state index contributed by atoms with van der Waals surface area (Å²) in [7, 11) is 0. The second-order valence-corrected chi connectivity index (χ2v) is 4.52. The van der Waals surface area contributed by atoms with Crippen LogP contribution in [0.25, 0.3) is 0 Å². The normalized spacial score (nSPS) is 10.4. The lowest BCUT2D eigenvalue weighted by atomic mass is 10.2. The molecule has 0 aliphatic heterocycles. The number of carbonyl (C=O) groups is 1. The van der Waals surface area contributed by atoms with Crippen LogP contribution in [0.2, 0.25) is 0 Å². The predicted molar refractivity (Wildman–Crippen MR) is 74.2 cm³/mol. The van der Waals surface area contributed by atoms with E-state index in [0.29, 0.717) is 5.69 Å². The van der Waals surface area contributed by atoms with Crippen molar-refractivity contribution in [3.8, 4) is 0 Å². The second kappa shape index (κ2) is 7.53. The number of amides is 1. The number of pyridine rings is 1. The van der Waals surface area contributed by atoms with Crippen molar-refractivity contribution < 1.29 is 4.79 Å². The summed E-state index contributed by atoms with van der Waals surface area (Å²) in [6.45, 7) is 5.30. The maximum absolute atomic E-state index is 11.3. The molecule has 0 aromatic carbocycles. The Labute approximate surface area is 108 Å². The van der Waals surface area contributed by atoms with E-state index in [1.165, 1.54) is 0 Å². The summed E-state index contributed by atoms with van der Waals surface area (Å²) in [4.78, 5) is 15.4. The highest BCUT2D eigenvalue weighted by molar-refractivity contribution is 5.77. The largest absolute Gasteiger partial charge is 0.396 e. The summed E-state index contributed by atoms with van der Waals surface area (Å²) >= 11 is 0. The van der Waals surface area contributed by atoms with E-state index in [2.05, 4.69) is 15.6 Å². The van der Waals surface area contributed by atoms with Crippen molar-refractivity contribution in [2.24, 2.45) is 5.92 Å². The van der Waals surface area contributed by atoms with Crippen LogP contribution in [0.5, 0.6) is 0 Å². The summed E-state index contributed by atoms with van der Waals surface area (Å²) < 4.78 is 0. The number of hydrogen-bond donors (Lipinski definition) is 3. The van der Waals surface area contributed by atoms with Crippen LogP contribution in [0.1, 0.15) is 26.7 Å². The van der Waals surface area contributed by atoms with Gasteiger partial charge in [-0.15, -0.1) is 0 Å². The number of carbonyl (C=O) groups excluding carboxylic acids is 1. The number of nitrogen functional groups attached to an aromatic ring is 1. The molecule has 0 bridgehead atoms. The Morgan fingerprint density at radius 2 is 2.11 bits per heavy atom. The molecule has 1 aromatic heterocycles. The Bertz CT molecular complexity index is 379. The highest BCUT2D eigenvalue weighted by Gasteiger charge is 2.04. The topological polar surface area (TPSA) is 80.0 Å². The molecule has 0 fully saturated rings. The zero-order valence-electron chi connectivity index (χ0n) is 11.1. The minimum Gasteiger partial charge on any atom is -0.396 e. The first kappa shape index (κ1) is 14.3. The lowest BCUT2D eigenvalue weighted by Crippen LogP contribution is -2.28. The molecule has 1 heterocycles. The third-order valence-corrected chi connectivity index (χ3v) is 2.56. The Hall–Kier alpha value is -1.78. The van der Waals surface area contributed by atoms with Crippen LogP contribution in [0, 0.1) is 5.92 Å². The molecule has 0 radical (unpaired) electrons. The first-order valence-electron chi connectivity index (χ1n) is 6.33. The number of hydrogen-bond acceptors (Lipinski definition) is 4. The van der Waals surface area contributed by atoms with Crippen LogP contribution in [0.4, 0.5) is 11.5 Å². The molecule has 0 unspecified atom stereocenters. The van der Waals surface area contributed by atoms with Crippen molar-refractivity contribution in [2.45, 2.75) is 26.7 Å². The summed E-state index contributed by atoms with van der Waals surface area (Å²) in [5, 5.41) is 6.06. The molecule has 0 aliphatic carbocycles. The van der Waals surface area contributed by atoms with Crippen molar-refractivity contribution in [1.82, 2.24) is 10.3 Å². The maximum atomic E-state index is 11.3. The molecule has 4 N–H and O–H groups in total. The number of nitrogens with zero attached hydrogens (tertiary/aromatic N) is 1. The highest BCUT2D eigenvalue weighted by atomic mass is 16.1. The molecule has 0 atom stereocenters. The number of aromatic nitrogens is 1. The Kier molecular flexibility index (Phi) is 5.97. The van der Waals surface area contributed by atoms with Gasteiger partial charge < -0.3 is 16.4 Å². The summed E-state index contributed by atoms with van der Waals surface area (Å²) in [5.41, 5.74) is 6.41. The van der Waals surface area contributed by atoms with Gasteiger partial charge in [0.15, 0.2) is 0 Å². The van der Waals surface area contributed by atoms with Gasteiger partial charge in [-0.2, -0.15) is 0 Å². The molecule has 5 nitrogen and oxygen atoms in total. The lowest BCUT2D eigenvalue weighted by Gasteiger charge is -2.09. The van der Waals surface area contributed by atoms with Crippen LogP contribution in [0.15, 0.2) is 18.3 Å². The van der Waals surface area contributed by atoms with Gasteiger partial charge in [-0.3, -0.25) is 4.79 Å². The van der Waals surface area contributed by atoms with Gasteiger partial charge in [0.05, 0.1) is 5.69 Å². The first-order chi connectivity index (χ1) is 8.61. The SMILES string of the molecule is CC(C)C(=O)NCCCCNc1ncccc1N. The molecule has 0 saturated carbocycles. The van der Waals surface area contributed by atoms with Crippen LogP contribution in [-0.4, -0.2) is 24.0 Å². The van der Waals surface area contributed by atoms with Crippen molar-refractivity contribution in [2.75, 3.05) is 24.1 Å². The van der Waals surface area contributed by atoms with Crippen LogP contribution < -0.4 is 16.4 Å². The van der Waals surface area contributed by atoms with E-state index in [0.717, 1.165) is 31.7 Å².